The fraction of sp³-hybridized carbons (Fsp3) is 0.214. The molecule has 0 N–H and O–H groups in total. The van der Waals surface area contributed by atoms with Gasteiger partial charge in [-0.15, -0.1) is 0 Å². The van der Waals surface area contributed by atoms with Gasteiger partial charge in [-0.25, -0.2) is 0 Å². The van der Waals surface area contributed by atoms with E-state index in [0.29, 0.717) is 18.1 Å². The van der Waals surface area contributed by atoms with Crippen LogP contribution in [0.3, 0.4) is 0 Å². The van der Waals surface area contributed by atoms with Gasteiger partial charge in [-0.2, -0.15) is 0 Å². The maximum absolute atomic E-state index is 11.6. The van der Waals surface area contributed by atoms with Crippen molar-refractivity contribution in [2.24, 2.45) is 0 Å². The minimum Gasteiger partial charge on any atom is -0.494 e. The molecule has 0 aliphatic carbocycles. The lowest BCUT2D eigenvalue weighted by Crippen LogP contribution is -2.10. The summed E-state index contributed by atoms with van der Waals surface area (Å²) in [6.45, 7) is 2.45. The van der Waals surface area contributed by atoms with E-state index in [4.69, 9.17) is 13.9 Å². The van der Waals surface area contributed by atoms with Gasteiger partial charge in [0.25, 0.3) is 0 Å². The monoisotopic (exact) mass is 246 g/mol. The van der Waals surface area contributed by atoms with Crippen LogP contribution < -0.4 is 9.47 Å². The Labute approximate surface area is 105 Å². The first-order chi connectivity index (χ1) is 8.79. The van der Waals surface area contributed by atoms with Crippen molar-refractivity contribution < 1.29 is 18.7 Å². The Hall–Kier alpha value is -2.23. The number of ketones is 1. The predicted octanol–water partition coefficient (Wildman–Crippen LogP) is 2.94. The van der Waals surface area contributed by atoms with E-state index in [9.17, 15) is 4.79 Å². The summed E-state index contributed by atoms with van der Waals surface area (Å²) in [7, 11) is 0. The third-order valence-electron chi connectivity index (χ3n) is 2.28. The summed E-state index contributed by atoms with van der Waals surface area (Å²) >= 11 is 0. The Morgan fingerprint density at radius 3 is 2.61 bits per heavy atom. The van der Waals surface area contributed by atoms with Crippen molar-refractivity contribution >= 4 is 5.78 Å². The van der Waals surface area contributed by atoms with Crippen LogP contribution in [0.1, 0.15) is 17.5 Å². The summed E-state index contributed by atoms with van der Waals surface area (Å²) < 4.78 is 15.7. The highest BCUT2D eigenvalue weighted by Crippen LogP contribution is 2.19. The molecule has 0 aliphatic heterocycles. The molecule has 4 heteroatoms. The molecular weight excluding hydrogens is 232 g/mol. The molecule has 0 spiro atoms. The molecule has 94 valence electrons. The number of rotatable bonds is 6. The Kier molecular flexibility index (Phi) is 4.02. The van der Waals surface area contributed by atoms with Crippen LogP contribution in [0.25, 0.3) is 0 Å². The quantitative estimate of drug-likeness (QED) is 0.735. The molecule has 0 atom stereocenters. The number of carbonyl (C=O) groups is 1. The van der Waals surface area contributed by atoms with Crippen molar-refractivity contribution in [3.63, 3.8) is 0 Å². The van der Waals surface area contributed by atoms with E-state index >= 15 is 0 Å². The molecule has 1 aromatic carbocycles. The van der Waals surface area contributed by atoms with Gasteiger partial charge in [0.15, 0.2) is 12.4 Å². The summed E-state index contributed by atoms with van der Waals surface area (Å²) in [4.78, 5) is 11.6. The molecule has 18 heavy (non-hydrogen) atoms. The van der Waals surface area contributed by atoms with Crippen LogP contribution in [0.15, 0.2) is 47.1 Å². The molecular formula is C14H14O4. The van der Waals surface area contributed by atoms with E-state index in [2.05, 4.69) is 0 Å². The predicted molar refractivity (Wildman–Crippen MR) is 66.1 cm³/mol. The standard InChI is InChI=1S/C14H14O4/c1-2-16-11-5-3-6-12(9-11)18-10-13(15)14-7-4-8-17-14/h3-9H,2,10H2,1H3. The third-order valence-corrected chi connectivity index (χ3v) is 2.28. The van der Waals surface area contributed by atoms with Gasteiger partial charge in [0.2, 0.25) is 5.78 Å². The van der Waals surface area contributed by atoms with Gasteiger partial charge in [0, 0.05) is 6.07 Å². The molecule has 2 rings (SSSR count). The van der Waals surface area contributed by atoms with Gasteiger partial charge in [-0.3, -0.25) is 4.79 Å². The zero-order valence-corrected chi connectivity index (χ0v) is 10.1. The van der Waals surface area contributed by atoms with Gasteiger partial charge in [0.05, 0.1) is 12.9 Å². The Balaban J connectivity index is 1.93. The second-order valence-corrected chi connectivity index (χ2v) is 3.60. The largest absolute Gasteiger partial charge is 0.494 e. The number of benzene rings is 1. The van der Waals surface area contributed by atoms with Crippen LogP contribution in [0.2, 0.25) is 0 Å². The van der Waals surface area contributed by atoms with Crippen molar-refractivity contribution in [3.8, 4) is 11.5 Å². The van der Waals surface area contributed by atoms with E-state index in [1.165, 1.54) is 6.26 Å². The van der Waals surface area contributed by atoms with Gasteiger partial charge in [0.1, 0.15) is 11.5 Å². The number of carbonyl (C=O) groups excluding carboxylic acids is 1. The SMILES string of the molecule is CCOc1cccc(OCC(=O)c2ccco2)c1. The second-order valence-electron chi connectivity index (χ2n) is 3.60. The summed E-state index contributed by atoms with van der Waals surface area (Å²) in [5, 5.41) is 0. The van der Waals surface area contributed by atoms with E-state index in [1.807, 2.05) is 19.1 Å². The first-order valence-corrected chi connectivity index (χ1v) is 5.72. The van der Waals surface area contributed by atoms with E-state index in [1.54, 1.807) is 24.3 Å². The lowest BCUT2D eigenvalue weighted by molar-refractivity contribution is 0.0893. The number of furan rings is 1. The molecule has 1 heterocycles. The zero-order chi connectivity index (χ0) is 12.8. The molecule has 0 unspecified atom stereocenters. The maximum atomic E-state index is 11.6. The Morgan fingerprint density at radius 1 is 1.17 bits per heavy atom. The van der Waals surface area contributed by atoms with Crippen LogP contribution in [0, 0.1) is 0 Å². The third kappa shape index (κ3) is 3.13. The lowest BCUT2D eigenvalue weighted by atomic mass is 10.3. The molecule has 0 amide bonds. The minimum absolute atomic E-state index is 0.0525. The summed E-state index contributed by atoms with van der Waals surface area (Å²) in [6, 6.07) is 10.5. The highest BCUT2D eigenvalue weighted by molar-refractivity contribution is 5.94. The van der Waals surface area contributed by atoms with Crippen molar-refractivity contribution in [2.45, 2.75) is 6.92 Å². The van der Waals surface area contributed by atoms with E-state index in [-0.39, 0.29) is 12.4 Å². The molecule has 0 saturated heterocycles. The Morgan fingerprint density at radius 2 is 1.94 bits per heavy atom. The smallest absolute Gasteiger partial charge is 0.235 e. The summed E-state index contributed by atoms with van der Waals surface area (Å²) in [6.07, 6.45) is 1.46. The second kappa shape index (κ2) is 5.91. The van der Waals surface area contributed by atoms with Crippen molar-refractivity contribution in [1.29, 1.82) is 0 Å². The first kappa shape index (κ1) is 12.2. The maximum Gasteiger partial charge on any atom is 0.235 e. The Bertz CT molecular complexity index is 502. The fourth-order valence-corrected chi connectivity index (χ4v) is 1.48. The minimum atomic E-state index is -0.193. The number of ether oxygens (including phenoxy) is 2. The highest BCUT2D eigenvalue weighted by atomic mass is 16.5. The van der Waals surface area contributed by atoms with Crippen LogP contribution in [0.5, 0.6) is 11.5 Å². The lowest BCUT2D eigenvalue weighted by Gasteiger charge is -2.07. The fourth-order valence-electron chi connectivity index (χ4n) is 1.48. The van der Waals surface area contributed by atoms with Gasteiger partial charge < -0.3 is 13.9 Å². The molecule has 0 bridgehead atoms. The average molecular weight is 246 g/mol. The molecule has 4 nitrogen and oxygen atoms in total. The van der Waals surface area contributed by atoms with Crippen LogP contribution >= 0.6 is 0 Å². The average Bonchev–Trinajstić information content (AvgIpc) is 2.91. The number of hydrogen-bond donors (Lipinski definition) is 0. The number of Topliss-reactive ketones (excluding diaryl/α,β-unsaturated/α-hetero) is 1. The molecule has 0 fully saturated rings. The van der Waals surface area contributed by atoms with Crippen LogP contribution in [-0.2, 0) is 0 Å². The van der Waals surface area contributed by atoms with Gasteiger partial charge in [-0.1, -0.05) is 6.07 Å². The van der Waals surface area contributed by atoms with Crippen molar-refractivity contribution in [1.82, 2.24) is 0 Å². The molecule has 2 aromatic rings. The van der Waals surface area contributed by atoms with Gasteiger partial charge >= 0.3 is 0 Å². The normalized spacial score (nSPS) is 10.1. The molecule has 0 radical (unpaired) electrons. The first-order valence-electron chi connectivity index (χ1n) is 5.72. The van der Waals surface area contributed by atoms with Gasteiger partial charge in [-0.05, 0) is 31.2 Å². The zero-order valence-electron chi connectivity index (χ0n) is 10.1. The van der Waals surface area contributed by atoms with E-state index in [0.717, 1.165) is 5.75 Å². The molecule has 0 aliphatic rings. The van der Waals surface area contributed by atoms with Crippen LogP contribution in [0.4, 0.5) is 0 Å². The van der Waals surface area contributed by atoms with E-state index < -0.39 is 0 Å². The highest BCUT2D eigenvalue weighted by Gasteiger charge is 2.09. The molecule has 1 aromatic heterocycles. The topological polar surface area (TPSA) is 48.7 Å². The summed E-state index contributed by atoms with van der Waals surface area (Å²) in [5.41, 5.74) is 0. The van der Waals surface area contributed by atoms with Crippen molar-refractivity contribution in [2.75, 3.05) is 13.2 Å². The van der Waals surface area contributed by atoms with Crippen LogP contribution in [-0.4, -0.2) is 19.0 Å². The number of hydrogen-bond acceptors (Lipinski definition) is 4. The van der Waals surface area contributed by atoms with Crippen molar-refractivity contribution in [3.05, 3.63) is 48.4 Å². The molecule has 0 saturated carbocycles. The summed E-state index contributed by atoms with van der Waals surface area (Å²) in [5.74, 6) is 1.43.